The van der Waals surface area contributed by atoms with E-state index in [1.54, 1.807) is 38.5 Å². The van der Waals surface area contributed by atoms with Crippen molar-refractivity contribution in [2.24, 2.45) is 0 Å². The number of fused-ring (bicyclic) bond motifs is 1. The molecule has 3 rings (SSSR count). The molecule has 0 aliphatic carbocycles. The molecule has 6 heteroatoms. The third kappa shape index (κ3) is 3.42. The van der Waals surface area contributed by atoms with Crippen LogP contribution in [0.1, 0.15) is 21.7 Å². The predicted octanol–water partition coefficient (Wildman–Crippen LogP) is 4.34. The van der Waals surface area contributed by atoms with Crippen molar-refractivity contribution < 1.29 is 18.7 Å². The molecule has 2 aromatic carbocycles. The Morgan fingerprint density at radius 3 is 2.68 bits per heavy atom. The van der Waals surface area contributed by atoms with E-state index in [1.165, 1.54) is 0 Å². The van der Waals surface area contributed by atoms with Crippen LogP contribution >= 0.6 is 11.6 Å². The molecule has 0 aliphatic rings. The van der Waals surface area contributed by atoms with Gasteiger partial charge in [-0.25, -0.2) is 0 Å². The first-order valence-corrected chi connectivity index (χ1v) is 8.09. The van der Waals surface area contributed by atoms with E-state index in [9.17, 15) is 4.79 Å². The van der Waals surface area contributed by atoms with Gasteiger partial charge in [0.25, 0.3) is 5.91 Å². The molecule has 1 amide bonds. The molecule has 0 spiro atoms. The number of methoxy groups -OCH3 is 2. The van der Waals surface area contributed by atoms with Crippen molar-refractivity contribution in [3.05, 3.63) is 58.3 Å². The lowest BCUT2D eigenvalue weighted by Crippen LogP contribution is -2.23. The summed E-state index contributed by atoms with van der Waals surface area (Å²) >= 11 is 6.01. The summed E-state index contributed by atoms with van der Waals surface area (Å²) in [5.74, 6) is 1.33. The van der Waals surface area contributed by atoms with E-state index in [0.717, 1.165) is 16.5 Å². The lowest BCUT2D eigenvalue weighted by Gasteiger charge is -2.11. The minimum Gasteiger partial charge on any atom is -0.497 e. The smallest absolute Gasteiger partial charge is 0.287 e. The molecule has 0 saturated heterocycles. The van der Waals surface area contributed by atoms with Crippen molar-refractivity contribution in [3.8, 4) is 11.5 Å². The van der Waals surface area contributed by atoms with E-state index in [0.29, 0.717) is 28.6 Å². The molecule has 1 heterocycles. The average Bonchev–Trinajstić information content (AvgIpc) is 2.96. The van der Waals surface area contributed by atoms with Crippen molar-refractivity contribution in [3.63, 3.8) is 0 Å². The number of carbonyl (C=O) groups excluding carboxylic acids is 1. The first-order chi connectivity index (χ1) is 12.0. The van der Waals surface area contributed by atoms with Gasteiger partial charge in [-0.2, -0.15) is 0 Å². The second-order valence-electron chi connectivity index (χ2n) is 5.56. The number of aryl methyl sites for hydroxylation is 1. The monoisotopic (exact) mass is 359 g/mol. The maximum atomic E-state index is 12.5. The maximum absolute atomic E-state index is 12.5. The number of rotatable bonds is 5. The van der Waals surface area contributed by atoms with E-state index < -0.39 is 0 Å². The largest absolute Gasteiger partial charge is 0.497 e. The third-order valence-electron chi connectivity index (χ3n) is 4.04. The van der Waals surface area contributed by atoms with Crippen LogP contribution in [0.15, 0.2) is 40.8 Å². The number of ether oxygens (including phenoxy) is 2. The van der Waals surface area contributed by atoms with Gasteiger partial charge in [-0.15, -0.1) is 0 Å². The summed E-state index contributed by atoms with van der Waals surface area (Å²) in [6.45, 7) is 2.15. The van der Waals surface area contributed by atoms with E-state index >= 15 is 0 Å². The quantitative estimate of drug-likeness (QED) is 0.736. The molecule has 1 N–H and O–H groups in total. The molecule has 0 fully saturated rings. The third-order valence-corrected chi connectivity index (χ3v) is 4.27. The molecule has 3 aromatic rings. The van der Waals surface area contributed by atoms with Crippen molar-refractivity contribution in [2.45, 2.75) is 13.5 Å². The molecule has 5 nitrogen and oxygen atoms in total. The van der Waals surface area contributed by atoms with Gasteiger partial charge in [0.2, 0.25) is 0 Å². The number of furan rings is 1. The molecule has 0 bridgehead atoms. The number of halogens is 1. The molecule has 1 aromatic heterocycles. The van der Waals surface area contributed by atoms with E-state index in [1.807, 2.05) is 19.1 Å². The summed E-state index contributed by atoms with van der Waals surface area (Å²) in [6, 6.07) is 10.7. The minimum atomic E-state index is -0.289. The lowest BCUT2D eigenvalue weighted by atomic mass is 10.1. The zero-order valence-electron chi connectivity index (χ0n) is 14.2. The van der Waals surface area contributed by atoms with Crippen LogP contribution in [0.4, 0.5) is 0 Å². The number of hydrogen-bond donors (Lipinski definition) is 1. The van der Waals surface area contributed by atoms with Gasteiger partial charge in [0, 0.05) is 34.1 Å². The van der Waals surface area contributed by atoms with Crippen LogP contribution in [0.25, 0.3) is 11.0 Å². The zero-order valence-corrected chi connectivity index (χ0v) is 14.9. The van der Waals surface area contributed by atoms with E-state index in [2.05, 4.69) is 5.32 Å². The SMILES string of the molecule is COc1ccc(CNC(=O)c2oc3ccc(Cl)cc3c2C)c(OC)c1. The molecule has 0 aliphatic heterocycles. The van der Waals surface area contributed by atoms with Crippen LogP contribution in [-0.4, -0.2) is 20.1 Å². The van der Waals surface area contributed by atoms with Gasteiger partial charge in [0.05, 0.1) is 14.2 Å². The Balaban J connectivity index is 1.80. The second-order valence-corrected chi connectivity index (χ2v) is 5.99. The average molecular weight is 360 g/mol. The number of benzene rings is 2. The summed E-state index contributed by atoms with van der Waals surface area (Å²) in [6.07, 6.45) is 0. The van der Waals surface area contributed by atoms with Gasteiger partial charge in [0.15, 0.2) is 5.76 Å². The Kier molecular flexibility index (Phi) is 4.86. The van der Waals surface area contributed by atoms with Gasteiger partial charge >= 0.3 is 0 Å². The highest BCUT2D eigenvalue weighted by molar-refractivity contribution is 6.31. The molecule has 0 saturated carbocycles. The van der Waals surface area contributed by atoms with Crippen LogP contribution in [0.5, 0.6) is 11.5 Å². The molecule has 0 atom stereocenters. The summed E-state index contributed by atoms with van der Waals surface area (Å²) in [7, 11) is 3.17. The second kappa shape index (κ2) is 7.07. The summed E-state index contributed by atoms with van der Waals surface area (Å²) < 4.78 is 16.2. The Morgan fingerprint density at radius 2 is 1.96 bits per heavy atom. The van der Waals surface area contributed by atoms with Crippen LogP contribution in [0.3, 0.4) is 0 Å². The van der Waals surface area contributed by atoms with Crippen molar-refractivity contribution in [1.29, 1.82) is 0 Å². The first-order valence-electron chi connectivity index (χ1n) is 7.71. The number of nitrogens with one attached hydrogen (secondary N) is 1. The Bertz CT molecular complexity index is 933. The number of hydrogen-bond acceptors (Lipinski definition) is 4. The maximum Gasteiger partial charge on any atom is 0.287 e. The Labute approximate surface area is 150 Å². The van der Waals surface area contributed by atoms with Gasteiger partial charge in [-0.1, -0.05) is 11.6 Å². The topological polar surface area (TPSA) is 60.7 Å². The standard InChI is InChI=1S/C19H18ClNO4/c1-11-15-8-13(20)5-7-16(15)25-18(11)19(22)21-10-12-4-6-14(23-2)9-17(12)24-3/h4-9H,10H2,1-3H3,(H,21,22). The highest BCUT2D eigenvalue weighted by Crippen LogP contribution is 2.28. The molecular formula is C19H18ClNO4. The van der Waals surface area contributed by atoms with Gasteiger partial charge in [-0.05, 0) is 37.3 Å². The summed E-state index contributed by atoms with van der Waals surface area (Å²) in [5.41, 5.74) is 2.24. The lowest BCUT2D eigenvalue weighted by molar-refractivity contribution is 0.0924. The van der Waals surface area contributed by atoms with E-state index in [-0.39, 0.29) is 11.7 Å². The first kappa shape index (κ1) is 17.2. The highest BCUT2D eigenvalue weighted by atomic mass is 35.5. The van der Waals surface area contributed by atoms with E-state index in [4.69, 9.17) is 25.5 Å². The molecule has 130 valence electrons. The van der Waals surface area contributed by atoms with Crippen molar-refractivity contribution >= 4 is 28.5 Å². The van der Waals surface area contributed by atoms with Crippen LogP contribution < -0.4 is 14.8 Å². The molecule has 0 unspecified atom stereocenters. The zero-order chi connectivity index (χ0) is 18.0. The minimum absolute atomic E-state index is 0.282. The van der Waals surface area contributed by atoms with Crippen molar-refractivity contribution in [2.75, 3.05) is 14.2 Å². The van der Waals surface area contributed by atoms with Gasteiger partial charge < -0.3 is 19.2 Å². The fourth-order valence-corrected chi connectivity index (χ4v) is 2.84. The molecular weight excluding hydrogens is 342 g/mol. The fourth-order valence-electron chi connectivity index (χ4n) is 2.66. The van der Waals surface area contributed by atoms with Crippen LogP contribution in [-0.2, 0) is 6.54 Å². The predicted molar refractivity (Wildman–Crippen MR) is 96.7 cm³/mol. The Hall–Kier alpha value is -2.66. The van der Waals surface area contributed by atoms with Crippen molar-refractivity contribution in [1.82, 2.24) is 5.32 Å². The van der Waals surface area contributed by atoms with Crippen LogP contribution in [0, 0.1) is 6.92 Å². The highest BCUT2D eigenvalue weighted by Gasteiger charge is 2.18. The molecule has 25 heavy (non-hydrogen) atoms. The van der Waals surface area contributed by atoms with Gasteiger partial charge in [-0.3, -0.25) is 4.79 Å². The summed E-state index contributed by atoms with van der Waals surface area (Å²) in [4.78, 5) is 12.5. The van der Waals surface area contributed by atoms with Crippen LogP contribution in [0.2, 0.25) is 5.02 Å². The summed E-state index contributed by atoms with van der Waals surface area (Å²) in [5, 5.41) is 4.29. The number of carbonyl (C=O) groups is 1. The fraction of sp³-hybridized carbons (Fsp3) is 0.211. The molecule has 0 radical (unpaired) electrons. The number of amides is 1. The normalized spacial score (nSPS) is 10.7. The Morgan fingerprint density at radius 1 is 1.16 bits per heavy atom. The van der Waals surface area contributed by atoms with Gasteiger partial charge in [0.1, 0.15) is 17.1 Å².